The van der Waals surface area contributed by atoms with E-state index in [0.29, 0.717) is 10.2 Å². The van der Waals surface area contributed by atoms with Crippen molar-refractivity contribution in [1.82, 2.24) is 9.78 Å². The van der Waals surface area contributed by atoms with E-state index in [1.54, 1.807) is 37.2 Å². The largest absolute Gasteiger partial charge is 0.493 e. The maximum absolute atomic E-state index is 13.2. The van der Waals surface area contributed by atoms with Crippen LogP contribution in [0, 0.1) is 5.82 Å². The van der Waals surface area contributed by atoms with E-state index in [2.05, 4.69) is 21.0 Å². The number of ether oxygens (including phenoxy) is 1. The summed E-state index contributed by atoms with van der Waals surface area (Å²) >= 11 is 3.15. The van der Waals surface area contributed by atoms with Crippen molar-refractivity contribution in [3.8, 4) is 5.75 Å². The van der Waals surface area contributed by atoms with Crippen molar-refractivity contribution in [3.63, 3.8) is 0 Å². The molecular formula is C12H13BrFN3O. The van der Waals surface area contributed by atoms with Crippen molar-refractivity contribution >= 4 is 15.9 Å². The zero-order chi connectivity index (χ0) is 13.3. The van der Waals surface area contributed by atoms with Gasteiger partial charge in [0.1, 0.15) is 11.5 Å². The van der Waals surface area contributed by atoms with Crippen LogP contribution in [-0.4, -0.2) is 16.9 Å². The van der Waals surface area contributed by atoms with Gasteiger partial charge in [0.25, 0.3) is 0 Å². The predicted molar refractivity (Wildman–Crippen MR) is 69.9 cm³/mol. The quantitative estimate of drug-likeness (QED) is 0.946. The number of methoxy groups -OCH3 is 1. The second kappa shape index (κ2) is 5.07. The topological polar surface area (TPSA) is 53.1 Å². The molecule has 0 bridgehead atoms. The molecule has 1 aromatic heterocycles. The summed E-state index contributed by atoms with van der Waals surface area (Å²) in [6.07, 6.45) is 1.60. The van der Waals surface area contributed by atoms with Crippen LogP contribution >= 0.6 is 15.9 Å². The average molecular weight is 314 g/mol. The van der Waals surface area contributed by atoms with Gasteiger partial charge in [0.15, 0.2) is 5.75 Å². The molecule has 0 aliphatic rings. The first-order chi connectivity index (χ1) is 8.54. The second-order valence-electron chi connectivity index (χ2n) is 3.87. The summed E-state index contributed by atoms with van der Waals surface area (Å²) < 4.78 is 20.5. The Bertz CT molecular complexity index is 570. The van der Waals surface area contributed by atoms with E-state index < -0.39 is 6.04 Å². The van der Waals surface area contributed by atoms with Crippen molar-refractivity contribution in [1.29, 1.82) is 0 Å². The lowest BCUT2D eigenvalue weighted by Crippen LogP contribution is -2.17. The van der Waals surface area contributed by atoms with E-state index in [9.17, 15) is 4.39 Å². The molecule has 6 heteroatoms. The first-order valence-corrected chi connectivity index (χ1v) is 6.10. The first-order valence-electron chi connectivity index (χ1n) is 5.31. The van der Waals surface area contributed by atoms with Gasteiger partial charge in [-0.2, -0.15) is 5.10 Å². The van der Waals surface area contributed by atoms with Gasteiger partial charge in [0.05, 0.1) is 23.8 Å². The summed E-state index contributed by atoms with van der Waals surface area (Å²) in [6, 6.07) is 4.26. The van der Waals surface area contributed by atoms with Crippen molar-refractivity contribution in [3.05, 3.63) is 45.9 Å². The second-order valence-corrected chi connectivity index (χ2v) is 4.73. The van der Waals surface area contributed by atoms with Crippen LogP contribution in [0.25, 0.3) is 0 Å². The molecule has 1 aromatic carbocycles. The van der Waals surface area contributed by atoms with Gasteiger partial charge in [0.2, 0.25) is 0 Å². The molecule has 0 saturated carbocycles. The number of nitrogens with zero attached hydrogens (tertiary/aromatic N) is 2. The average Bonchev–Trinajstić information content (AvgIpc) is 2.73. The standard InChI is InChI=1S/C12H13BrFN3O/c1-17-12(10(18-2)6-16-17)11(15)7-3-4-9(14)8(13)5-7/h3-6,11H,15H2,1-2H3. The Balaban J connectivity index is 2.44. The molecule has 18 heavy (non-hydrogen) atoms. The highest BCUT2D eigenvalue weighted by Gasteiger charge is 2.19. The van der Waals surface area contributed by atoms with E-state index in [4.69, 9.17) is 10.5 Å². The lowest BCUT2D eigenvalue weighted by atomic mass is 10.0. The minimum atomic E-state index is -0.427. The molecule has 96 valence electrons. The molecule has 2 N–H and O–H groups in total. The van der Waals surface area contributed by atoms with E-state index in [1.807, 2.05) is 0 Å². The zero-order valence-corrected chi connectivity index (χ0v) is 11.6. The number of hydrogen-bond acceptors (Lipinski definition) is 3. The van der Waals surface area contributed by atoms with Gasteiger partial charge in [-0.15, -0.1) is 0 Å². The van der Waals surface area contributed by atoms with Gasteiger partial charge in [-0.3, -0.25) is 4.68 Å². The Morgan fingerprint density at radius 2 is 2.22 bits per heavy atom. The summed E-state index contributed by atoms with van der Waals surface area (Å²) in [5, 5.41) is 4.10. The summed E-state index contributed by atoms with van der Waals surface area (Å²) in [5.74, 6) is 0.299. The molecule has 1 atom stereocenters. The summed E-state index contributed by atoms with van der Waals surface area (Å²) in [5.41, 5.74) is 7.70. The fourth-order valence-electron chi connectivity index (χ4n) is 1.80. The lowest BCUT2D eigenvalue weighted by molar-refractivity contribution is 0.406. The predicted octanol–water partition coefficient (Wildman–Crippen LogP) is 2.38. The van der Waals surface area contributed by atoms with Crippen LogP contribution in [0.4, 0.5) is 4.39 Å². The lowest BCUT2D eigenvalue weighted by Gasteiger charge is -2.14. The monoisotopic (exact) mass is 313 g/mol. The molecular weight excluding hydrogens is 301 g/mol. The van der Waals surface area contributed by atoms with Crippen LogP contribution in [0.2, 0.25) is 0 Å². The SMILES string of the molecule is COc1cnn(C)c1C(N)c1ccc(F)c(Br)c1. The molecule has 0 radical (unpaired) electrons. The van der Waals surface area contributed by atoms with Gasteiger partial charge in [-0.25, -0.2) is 4.39 Å². The van der Waals surface area contributed by atoms with Crippen LogP contribution in [0.5, 0.6) is 5.75 Å². The number of hydrogen-bond donors (Lipinski definition) is 1. The number of aryl methyl sites for hydroxylation is 1. The fraction of sp³-hybridized carbons (Fsp3) is 0.250. The van der Waals surface area contributed by atoms with Crippen molar-refractivity contribution < 1.29 is 9.13 Å². The molecule has 1 heterocycles. The smallest absolute Gasteiger partial charge is 0.161 e. The van der Waals surface area contributed by atoms with Crippen molar-refractivity contribution in [2.45, 2.75) is 6.04 Å². The molecule has 2 rings (SSSR count). The first kappa shape index (κ1) is 13.0. The summed E-state index contributed by atoms with van der Waals surface area (Å²) in [7, 11) is 3.35. The Hall–Kier alpha value is -1.40. The van der Waals surface area contributed by atoms with Gasteiger partial charge in [0, 0.05) is 7.05 Å². The highest BCUT2D eigenvalue weighted by molar-refractivity contribution is 9.10. The molecule has 0 amide bonds. The van der Waals surface area contributed by atoms with E-state index in [1.165, 1.54) is 6.07 Å². The molecule has 0 aliphatic heterocycles. The number of halogens is 2. The maximum atomic E-state index is 13.2. The zero-order valence-electron chi connectivity index (χ0n) is 10.0. The number of aromatic nitrogens is 2. The van der Waals surface area contributed by atoms with E-state index >= 15 is 0 Å². The molecule has 2 aromatic rings. The third-order valence-electron chi connectivity index (χ3n) is 2.77. The minimum absolute atomic E-state index is 0.317. The highest BCUT2D eigenvalue weighted by atomic mass is 79.9. The van der Waals surface area contributed by atoms with Crippen LogP contribution in [0.15, 0.2) is 28.9 Å². The summed E-state index contributed by atoms with van der Waals surface area (Å²) in [6.45, 7) is 0. The fourth-order valence-corrected chi connectivity index (χ4v) is 2.20. The molecule has 0 spiro atoms. The number of nitrogens with two attached hydrogens (primary N) is 1. The molecule has 0 fully saturated rings. The van der Waals surface area contributed by atoms with Gasteiger partial charge in [-0.05, 0) is 33.6 Å². The van der Waals surface area contributed by atoms with Crippen molar-refractivity contribution in [2.24, 2.45) is 12.8 Å². The summed E-state index contributed by atoms with van der Waals surface area (Å²) in [4.78, 5) is 0. The van der Waals surface area contributed by atoms with Crippen LogP contribution in [0.1, 0.15) is 17.3 Å². The third-order valence-corrected chi connectivity index (χ3v) is 3.37. The maximum Gasteiger partial charge on any atom is 0.161 e. The highest BCUT2D eigenvalue weighted by Crippen LogP contribution is 2.29. The Labute approximate surface area is 113 Å². The van der Waals surface area contributed by atoms with Crippen LogP contribution in [-0.2, 0) is 7.05 Å². The Kier molecular flexibility index (Phi) is 3.68. The Morgan fingerprint density at radius 1 is 1.50 bits per heavy atom. The normalized spacial score (nSPS) is 12.5. The molecule has 0 saturated heterocycles. The van der Waals surface area contributed by atoms with Crippen LogP contribution in [0.3, 0.4) is 0 Å². The van der Waals surface area contributed by atoms with Gasteiger partial charge < -0.3 is 10.5 Å². The minimum Gasteiger partial charge on any atom is -0.493 e. The van der Waals surface area contributed by atoms with E-state index in [-0.39, 0.29) is 5.82 Å². The van der Waals surface area contributed by atoms with E-state index in [0.717, 1.165) is 11.3 Å². The number of benzene rings is 1. The van der Waals surface area contributed by atoms with Crippen LogP contribution < -0.4 is 10.5 Å². The molecule has 1 unspecified atom stereocenters. The Morgan fingerprint density at radius 3 is 2.83 bits per heavy atom. The van der Waals surface area contributed by atoms with Gasteiger partial charge in [-0.1, -0.05) is 6.07 Å². The third kappa shape index (κ3) is 2.26. The van der Waals surface area contributed by atoms with Crippen molar-refractivity contribution in [2.75, 3.05) is 7.11 Å². The number of rotatable bonds is 3. The molecule has 4 nitrogen and oxygen atoms in total. The van der Waals surface area contributed by atoms with Gasteiger partial charge >= 0.3 is 0 Å². The molecule has 0 aliphatic carbocycles.